The number of carbonyl (C=O) groups is 2. The van der Waals surface area contributed by atoms with E-state index in [-0.39, 0.29) is 24.3 Å². The first-order chi connectivity index (χ1) is 10.2. The Morgan fingerprint density at radius 2 is 2.24 bits per heavy atom. The number of aromatic nitrogens is 2. The number of carbonyl (C=O) groups excluding carboxylic acids is 2. The summed E-state index contributed by atoms with van der Waals surface area (Å²) in [5.74, 6) is -0.161. The minimum Gasteiger partial charge on any atom is -0.349 e. The van der Waals surface area contributed by atoms with Crippen LogP contribution in [0, 0.1) is 0 Å². The van der Waals surface area contributed by atoms with E-state index in [1.807, 2.05) is 36.5 Å². The van der Waals surface area contributed by atoms with Crippen LogP contribution in [0.3, 0.4) is 0 Å². The highest BCUT2D eigenvalue weighted by molar-refractivity contribution is 5.95. The lowest BCUT2D eigenvalue weighted by atomic mass is 9.97. The molecule has 6 heteroatoms. The van der Waals surface area contributed by atoms with Crippen LogP contribution in [0.2, 0.25) is 0 Å². The van der Waals surface area contributed by atoms with E-state index in [4.69, 9.17) is 0 Å². The van der Waals surface area contributed by atoms with Crippen molar-refractivity contribution in [2.45, 2.75) is 25.4 Å². The number of aryl methyl sites for hydroxylation is 1. The molecule has 3 rings (SSSR count). The third-order valence-electron chi connectivity index (χ3n) is 3.46. The molecule has 0 bridgehead atoms. The van der Waals surface area contributed by atoms with Crippen LogP contribution in [-0.4, -0.2) is 21.6 Å². The Bertz CT molecular complexity index is 651. The smallest absolute Gasteiger partial charge is 0.226 e. The molecule has 1 aliphatic rings. The first-order valence-electron chi connectivity index (χ1n) is 6.88. The number of rotatable bonds is 4. The molecule has 1 atom stereocenters. The molecular formula is C15H16N4O2. The molecule has 2 aromatic rings. The quantitative estimate of drug-likeness (QED) is 0.892. The molecule has 0 fully saturated rings. The van der Waals surface area contributed by atoms with Gasteiger partial charge in [0.05, 0.1) is 12.5 Å². The summed E-state index contributed by atoms with van der Waals surface area (Å²) in [6, 6.07) is 9.09. The van der Waals surface area contributed by atoms with Crippen LogP contribution in [0.25, 0.3) is 0 Å². The Labute approximate surface area is 122 Å². The molecular weight excluding hydrogens is 268 g/mol. The standard InChI is InChI=1S/C15H16N4O2/c20-14(6-9-19-8-3-7-16-19)18-13-10-15(21)17-12-5-2-1-4-11(12)13/h1-5,7-8,13H,6,9-10H2,(H,17,21)(H,18,20)/t13-/m1/s1. The largest absolute Gasteiger partial charge is 0.349 e. The zero-order valence-corrected chi connectivity index (χ0v) is 11.5. The van der Waals surface area contributed by atoms with Crippen molar-refractivity contribution in [2.24, 2.45) is 0 Å². The molecule has 0 radical (unpaired) electrons. The number of anilines is 1. The number of hydrogen-bond donors (Lipinski definition) is 2. The van der Waals surface area contributed by atoms with Crippen molar-refractivity contribution in [3.63, 3.8) is 0 Å². The maximum absolute atomic E-state index is 12.0. The Kier molecular flexibility index (Phi) is 3.68. The average Bonchev–Trinajstić information content (AvgIpc) is 2.98. The van der Waals surface area contributed by atoms with E-state index in [0.29, 0.717) is 13.0 Å². The van der Waals surface area contributed by atoms with Crippen LogP contribution >= 0.6 is 0 Å². The van der Waals surface area contributed by atoms with E-state index in [1.165, 1.54) is 0 Å². The summed E-state index contributed by atoms with van der Waals surface area (Å²) in [7, 11) is 0. The number of benzene rings is 1. The summed E-state index contributed by atoms with van der Waals surface area (Å²) in [5.41, 5.74) is 1.72. The van der Waals surface area contributed by atoms with Crippen molar-refractivity contribution in [3.8, 4) is 0 Å². The van der Waals surface area contributed by atoms with Gasteiger partial charge in [-0.05, 0) is 17.7 Å². The van der Waals surface area contributed by atoms with Gasteiger partial charge in [0.25, 0.3) is 0 Å². The Hall–Kier alpha value is -2.63. The van der Waals surface area contributed by atoms with E-state index >= 15 is 0 Å². The third-order valence-corrected chi connectivity index (χ3v) is 3.46. The lowest BCUT2D eigenvalue weighted by molar-refractivity contribution is -0.122. The number of hydrogen-bond acceptors (Lipinski definition) is 3. The molecule has 1 aromatic carbocycles. The predicted molar refractivity (Wildman–Crippen MR) is 77.4 cm³/mol. The van der Waals surface area contributed by atoms with E-state index in [0.717, 1.165) is 11.3 Å². The van der Waals surface area contributed by atoms with Gasteiger partial charge in [-0.25, -0.2) is 0 Å². The summed E-state index contributed by atoms with van der Waals surface area (Å²) >= 11 is 0. The highest BCUT2D eigenvalue weighted by Crippen LogP contribution is 2.29. The Morgan fingerprint density at radius 3 is 3.05 bits per heavy atom. The summed E-state index contributed by atoms with van der Waals surface area (Å²) in [6.45, 7) is 0.527. The van der Waals surface area contributed by atoms with Crippen LogP contribution in [0.1, 0.15) is 24.4 Å². The molecule has 1 aromatic heterocycles. The number of amides is 2. The second kappa shape index (κ2) is 5.78. The highest BCUT2D eigenvalue weighted by atomic mass is 16.2. The molecule has 2 N–H and O–H groups in total. The van der Waals surface area contributed by atoms with Crippen molar-refractivity contribution in [3.05, 3.63) is 48.3 Å². The fourth-order valence-corrected chi connectivity index (χ4v) is 2.46. The molecule has 21 heavy (non-hydrogen) atoms. The highest BCUT2D eigenvalue weighted by Gasteiger charge is 2.25. The number of nitrogens with zero attached hydrogens (tertiary/aromatic N) is 2. The normalized spacial score (nSPS) is 17.0. The van der Waals surface area contributed by atoms with Crippen molar-refractivity contribution in [2.75, 3.05) is 5.32 Å². The molecule has 0 unspecified atom stereocenters. The van der Waals surface area contributed by atoms with Crippen LogP contribution < -0.4 is 10.6 Å². The van der Waals surface area contributed by atoms with E-state index in [1.54, 1.807) is 10.9 Å². The van der Waals surface area contributed by atoms with Gasteiger partial charge >= 0.3 is 0 Å². The van der Waals surface area contributed by atoms with E-state index in [9.17, 15) is 9.59 Å². The minimum absolute atomic E-state index is 0.0777. The molecule has 0 saturated carbocycles. The number of fused-ring (bicyclic) bond motifs is 1. The fraction of sp³-hybridized carbons (Fsp3) is 0.267. The lowest BCUT2D eigenvalue weighted by Crippen LogP contribution is -2.35. The Balaban J connectivity index is 1.64. The predicted octanol–water partition coefficient (Wildman–Crippen LogP) is 1.47. The molecule has 108 valence electrons. The van der Waals surface area contributed by atoms with Crippen LogP contribution in [0.5, 0.6) is 0 Å². The lowest BCUT2D eigenvalue weighted by Gasteiger charge is -2.26. The molecule has 2 amide bonds. The third kappa shape index (κ3) is 3.10. The molecule has 1 aliphatic heterocycles. The number of para-hydroxylation sites is 1. The van der Waals surface area contributed by atoms with Crippen LogP contribution in [0.4, 0.5) is 5.69 Å². The topological polar surface area (TPSA) is 76.0 Å². The maximum Gasteiger partial charge on any atom is 0.226 e. The van der Waals surface area contributed by atoms with Gasteiger partial charge in [0, 0.05) is 31.0 Å². The molecule has 0 spiro atoms. The van der Waals surface area contributed by atoms with Gasteiger partial charge in [0.15, 0.2) is 0 Å². The first-order valence-corrected chi connectivity index (χ1v) is 6.88. The molecule has 0 saturated heterocycles. The SMILES string of the molecule is O=C1C[C@@H](NC(=O)CCn2cccn2)c2ccccc2N1. The summed E-state index contributed by atoms with van der Waals surface area (Å²) in [4.78, 5) is 23.7. The maximum atomic E-state index is 12.0. The van der Waals surface area contributed by atoms with Gasteiger partial charge < -0.3 is 10.6 Å². The zero-order chi connectivity index (χ0) is 14.7. The first kappa shape index (κ1) is 13.4. The molecule has 0 aliphatic carbocycles. The Morgan fingerprint density at radius 1 is 1.38 bits per heavy atom. The van der Waals surface area contributed by atoms with Crippen LogP contribution in [-0.2, 0) is 16.1 Å². The summed E-state index contributed by atoms with van der Waals surface area (Å²) in [5, 5.41) is 9.80. The van der Waals surface area contributed by atoms with Gasteiger partial charge in [0.2, 0.25) is 11.8 Å². The summed E-state index contributed by atoms with van der Waals surface area (Å²) < 4.78 is 1.71. The second-order valence-corrected chi connectivity index (χ2v) is 4.98. The number of nitrogens with one attached hydrogen (secondary N) is 2. The van der Waals surface area contributed by atoms with Crippen molar-refractivity contribution in [1.82, 2.24) is 15.1 Å². The summed E-state index contributed by atoms with van der Waals surface area (Å²) in [6.07, 6.45) is 4.10. The van der Waals surface area contributed by atoms with E-state index < -0.39 is 0 Å². The second-order valence-electron chi connectivity index (χ2n) is 4.98. The monoisotopic (exact) mass is 284 g/mol. The minimum atomic E-state index is -0.264. The van der Waals surface area contributed by atoms with E-state index in [2.05, 4.69) is 15.7 Å². The van der Waals surface area contributed by atoms with Gasteiger partial charge in [-0.3, -0.25) is 14.3 Å². The van der Waals surface area contributed by atoms with Gasteiger partial charge in [-0.15, -0.1) is 0 Å². The zero-order valence-electron chi connectivity index (χ0n) is 11.5. The van der Waals surface area contributed by atoms with Gasteiger partial charge in [0.1, 0.15) is 0 Å². The van der Waals surface area contributed by atoms with Crippen LogP contribution in [0.15, 0.2) is 42.7 Å². The molecule has 6 nitrogen and oxygen atoms in total. The molecule has 2 heterocycles. The van der Waals surface area contributed by atoms with Crippen molar-refractivity contribution < 1.29 is 9.59 Å². The van der Waals surface area contributed by atoms with Gasteiger partial charge in [-0.2, -0.15) is 5.10 Å². The fourth-order valence-electron chi connectivity index (χ4n) is 2.46. The van der Waals surface area contributed by atoms with Crippen molar-refractivity contribution in [1.29, 1.82) is 0 Å². The van der Waals surface area contributed by atoms with Crippen molar-refractivity contribution >= 4 is 17.5 Å². The average molecular weight is 284 g/mol. The van der Waals surface area contributed by atoms with Gasteiger partial charge in [-0.1, -0.05) is 18.2 Å².